The minimum Gasteiger partial charge on any atom is -0.307 e. The fourth-order valence-electron chi connectivity index (χ4n) is 2.89. The quantitative estimate of drug-likeness (QED) is 0.938. The molecule has 0 bridgehead atoms. The van der Waals surface area contributed by atoms with E-state index in [9.17, 15) is 0 Å². The van der Waals surface area contributed by atoms with Crippen molar-refractivity contribution in [2.24, 2.45) is 0 Å². The molecule has 3 rings (SSSR count). The first-order valence-corrected chi connectivity index (χ1v) is 7.89. The van der Waals surface area contributed by atoms with Crippen molar-refractivity contribution in [1.29, 1.82) is 0 Å². The Labute approximate surface area is 125 Å². The van der Waals surface area contributed by atoms with E-state index in [1.165, 1.54) is 12.8 Å². The van der Waals surface area contributed by atoms with Gasteiger partial charge in [-0.2, -0.15) is 5.10 Å². The second-order valence-electron chi connectivity index (χ2n) is 5.69. The number of piperidine rings is 1. The van der Waals surface area contributed by atoms with Gasteiger partial charge in [0.15, 0.2) is 0 Å². The van der Waals surface area contributed by atoms with E-state index in [0.29, 0.717) is 6.04 Å². The number of hydrogen-bond acceptors (Lipinski definition) is 4. The zero-order valence-electron chi connectivity index (χ0n) is 12.8. The van der Waals surface area contributed by atoms with Crippen LogP contribution in [0.15, 0.2) is 18.3 Å². The number of hydrogen-bond donors (Lipinski definition) is 1. The van der Waals surface area contributed by atoms with Crippen LogP contribution < -0.4 is 5.32 Å². The van der Waals surface area contributed by atoms with Crippen LogP contribution in [0.5, 0.6) is 0 Å². The zero-order chi connectivity index (χ0) is 14.7. The maximum Gasteiger partial charge on any atom is 0.146 e. The third kappa shape index (κ3) is 3.13. The monoisotopic (exact) mass is 285 g/mol. The van der Waals surface area contributed by atoms with Crippen LogP contribution in [-0.2, 0) is 6.54 Å². The summed E-state index contributed by atoms with van der Waals surface area (Å²) in [5, 5.41) is 7.92. The number of aryl methyl sites for hydroxylation is 2. The summed E-state index contributed by atoms with van der Waals surface area (Å²) in [5.74, 6) is 0.925. The fraction of sp³-hybridized carbons (Fsp3) is 0.562. The van der Waals surface area contributed by atoms with Crippen molar-refractivity contribution in [3.8, 4) is 11.4 Å². The van der Waals surface area contributed by atoms with E-state index in [-0.39, 0.29) is 0 Å². The molecule has 0 spiro atoms. The Morgan fingerprint density at radius 2 is 2.24 bits per heavy atom. The zero-order valence-corrected chi connectivity index (χ0v) is 12.8. The molecule has 0 unspecified atom stereocenters. The summed E-state index contributed by atoms with van der Waals surface area (Å²) in [7, 11) is 0. The maximum absolute atomic E-state index is 4.81. The van der Waals surface area contributed by atoms with Gasteiger partial charge in [-0.25, -0.2) is 9.97 Å². The van der Waals surface area contributed by atoms with Crippen LogP contribution in [0.3, 0.4) is 0 Å². The van der Waals surface area contributed by atoms with E-state index in [0.717, 1.165) is 48.8 Å². The molecule has 5 heteroatoms. The first kappa shape index (κ1) is 14.2. The Hall–Kier alpha value is -1.75. The van der Waals surface area contributed by atoms with E-state index in [1.807, 2.05) is 23.9 Å². The van der Waals surface area contributed by atoms with Gasteiger partial charge in [0.1, 0.15) is 5.82 Å². The van der Waals surface area contributed by atoms with Gasteiger partial charge in [0, 0.05) is 18.4 Å². The van der Waals surface area contributed by atoms with Gasteiger partial charge in [-0.3, -0.25) is 4.68 Å². The largest absolute Gasteiger partial charge is 0.307 e. The molecule has 2 aromatic heterocycles. The molecule has 3 heterocycles. The molecule has 1 aliphatic rings. The van der Waals surface area contributed by atoms with Gasteiger partial charge in [0.05, 0.1) is 17.4 Å². The summed E-state index contributed by atoms with van der Waals surface area (Å²) in [6.45, 7) is 6.18. The molecule has 1 atom stereocenters. The van der Waals surface area contributed by atoms with Crippen molar-refractivity contribution in [2.45, 2.75) is 52.1 Å². The topological polar surface area (TPSA) is 55.6 Å². The summed E-state index contributed by atoms with van der Waals surface area (Å²) in [4.78, 5) is 9.45. The Morgan fingerprint density at radius 1 is 1.33 bits per heavy atom. The van der Waals surface area contributed by atoms with Crippen LogP contribution in [0.4, 0.5) is 0 Å². The molecule has 0 amide bonds. The van der Waals surface area contributed by atoms with Crippen molar-refractivity contribution < 1.29 is 0 Å². The van der Waals surface area contributed by atoms with Crippen LogP contribution in [0.1, 0.15) is 50.2 Å². The predicted molar refractivity (Wildman–Crippen MR) is 82.9 cm³/mol. The summed E-state index contributed by atoms with van der Waals surface area (Å²) in [6.07, 6.45) is 6.53. The first-order valence-electron chi connectivity index (χ1n) is 7.89. The lowest BCUT2D eigenvalue weighted by Gasteiger charge is -2.22. The molecule has 2 aromatic rings. The Bertz CT molecular complexity index is 598. The molecule has 1 saturated heterocycles. The van der Waals surface area contributed by atoms with Crippen LogP contribution in [0.25, 0.3) is 11.4 Å². The number of aromatic nitrogens is 4. The number of rotatable bonds is 4. The Balaban J connectivity index is 1.95. The van der Waals surface area contributed by atoms with E-state index < -0.39 is 0 Å². The van der Waals surface area contributed by atoms with Crippen molar-refractivity contribution in [2.75, 3.05) is 6.54 Å². The van der Waals surface area contributed by atoms with Crippen molar-refractivity contribution in [1.82, 2.24) is 25.1 Å². The molecule has 1 fully saturated rings. The van der Waals surface area contributed by atoms with Crippen LogP contribution >= 0.6 is 0 Å². The maximum atomic E-state index is 4.81. The third-order valence-electron chi connectivity index (χ3n) is 3.91. The number of nitrogens with one attached hydrogen (secondary N) is 1. The molecule has 112 valence electrons. The Kier molecular flexibility index (Phi) is 4.29. The van der Waals surface area contributed by atoms with Gasteiger partial charge in [0.2, 0.25) is 0 Å². The molecule has 5 nitrogen and oxygen atoms in total. The molecular formula is C16H23N5. The van der Waals surface area contributed by atoms with Gasteiger partial charge >= 0.3 is 0 Å². The summed E-state index contributed by atoms with van der Waals surface area (Å²) < 4.78 is 2.03. The standard InChI is InChI=1S/C16H23N5/c1-3-10-21-15(7-9-18-21)14-11-12(2)19-16(20-14)13-6-4-5-8-17-13/h7,9,11,13,17H,3-6,8,10H2,1-2H3/t13-/m0/s1. The summed E-state index contributed by atoms with van der Waals surface area (Å²) in [5.41, 5.74) is 3.09. The Morgan fingerprint density at radius 3 is 3.00 bits per heavy atom. The average molecular weight is 285 g/mol. The number of nitrogens with zero attached hydrogens (tertiary/aromatic N) is 4. The van der Waals surface area contributed by atoms with Gasteiger partial charge < -0.3 is 5.32 Å². The molecule has 21 heavy (non-hydrogen) atoms. The molecule has 1 aliphatic heterocycles. The van der Waals surface area contributed by atoms with Gasteiger partial charge in [-0.1, -0.05) is 13.3 Å². The van der Waals surface area contributed by atoms with E-state index >= 15 is 0 Å². The normalized spacial score (nSPS) is 18.9. The first-order chi connectivity index (χ1) is 10.3. The van der Waals surface area contributed by atoms with Gasteiger partial charge in [0.25, 0.3) is 0 Å². The highest BCUT2D eigenvalue weighted by Crippen LogP contribution is 2.24. The van der Waals surface area contributed by atoms with E-state index in [1.54, 1.807) is 0 Å². The van der Waals surface area contributed by atoms with Crippen molar-refractivity contribution in [3.05, 3.63) is 29.8 Å². The fourth-order valence-corrected chi connectivity index (χ4v) is 2.89. The SMILES string of the molecule is CCCn1nccc1-c1cc(C)nc([C@@H]2CCCCN2)n1. The predicted octanol–water partition coefficient (Wildman–Crippen LogP) is 2.87. The molecule has 0 aromatic carbocycles. The van der Waals surface area contributed by atoms with Gasteiger partial charge in [-0.05, 0) is 44.9 Å². The molecule has 0 saturated carbocycles. The summed E-state index contributed by atoms with van der Waals surface area (Å²) >= 11 is 0. The van der Waals surface area contributed by atoms with Crippen LogP contribution in [0.2, 0.25) is 0 Å². The molecular weight excluding hydrogens is 262 g/mol. The average Bonchev–Trinajstić information content (AvgIpc) is 2.96. The highest BCUT2D eigenvalue weighted by Gasteiger charge is 2.19. The highest BCUT2D eigenvalue weighted by molar-refractivity contribution is 5.54. The molecule has 0 radical (unpaired) electrons. The second-order valence-corrected chi connectivity index (χ2v) is 5.69. The molecule has 0 aliphatic carbocycles. The minimum atomic E-state index is 0.292. The lowest BCUT2D eigenvalue weighted by molar-refractivity contribution is 0.397. The lowest BCUT2D eigenvalue weighted by Crippen LogP contribution is -2.28. The third-order valence-corrected chi connectivity index (χ3v) is 3.91. The molecule has 1 N–H and O–H groups in total. The van der Waals surface area contributed by atoms with E-state index in [2.05, 4.69) is 28.4 Å². The minimum absolute atomic E-state index is 0.292. The smallest absolute Gasteiger partial charge is 0.146 e. The second kappa shape index (κ2) is 6.35. The lowest BCUT2D eigenvalue weighted by atomic mass is 10.0. The highest BCUT2D eigenvalue weighted by atomic mass is 15.3. The van der Waals surface area contributed by atoms with Crippen LogP contribution in [-0.4, -0.2) is 26.3 Å². The van der Waals surface area contributed by atoms with Crippen LogP contribution in [0, 0.1) is 6.92 Å². The summed E-state index contributed by atoms with van der Waals surface area (Å²) in [6, 6.07) is 4.38. The van der Waals surface area contributed by atoms with E-state index in [4.69, 9.17) is 4.98 Å². The van der Waals surface area contributed by atoms with Gasteiger partial charge in [-0.15, -0.1) is 0 Å². The van der Waals surface area contributed by atoms with Crippen molar-refractivity contribution in [3.63, 3.8) is 0 Å². The van der Waals surface area contributed by atoms with Crippen molar-refractivity contribution >= 4 is 0 Å².